The van der Waals surface area contributed by atoms with Crippen molar-refractivity contribution in [2.45, 2.75) is 27.7 Å². The number of hydrogen-bond donors (Lipinski definition) is 0. The van der Waals surface area contributed by atoms with Crippen LogP contribution in [-0.2, 0) is 4.52 Å². The topological polar surface area (TPSA) is 9.23 Å². The standard InChI is InChI=1S/C9H21OP/c1-8(2)6-11(10-5)7-9(3)4/h8-9H,6-7H2,1-5H3. The lowest BCUT2D eigenvalue weighted by Gasteiger charge is -2.18. The zero-order chi connectivity index (χ0) is 8.85. The maximum Gasteiger partial charge on any atom is 0.0398 e. The van der Waals surface area contributed by atoms with Gasteiger partial charge in [-0.15, -0.1) is 0 Å². The van der Waals surface area contributed by atoms with Crippen LogP contribution >= 0.6 is 8.15 Å². The van der Waals surface area contributed by atoms with E-state index in [1.807, 2.05) is 7.11 Å². The lowest BCUT2D eigenvalue weighted by Crippen LogP contribution is -2.03. The SMILES string of the molecule is COP(CC(C)C)CC(C)C. The van der Waals surface area contributed by atoms with Crippen LogP contribution in [0, 0.1) is 11.8 Å². The minimum atomic E-state index is -0.137. The Kier molecular flexibility index (Phi) is 6.18. The van der Waals surface area contributed by atoms with Crippen molar-refractivity contribution in [2.24, 2.45) is 11.8 Å². The van der Waals surface area contributed by atoms with E-state index in [1.165, 1.54) is 12.3 Å². The molecule has 0 aliphatic rings. The molecule has 0 aliphatic heterocycles. The van der Waals surface area contributed by atoms with Gasteiger partial charge < -0.3 is 4.52 Å². The highest BCUT2D eigenvalue weighted by atomic mass is 31.1. The van der Waals surface area contributed by atoms with Gasteiger partial charge in [-0.3, -0.25) is 0 Å². The Morgan fingerprint density at radius 1 is 1.00 bits per heavy atom. The summed E-state index contributed by atoms with van der Waals surface area (Å²) in [6.45, 7) is 9.03. The fourth-order valence-corrected chi connectivity index (χ4v) is 3.11. The van der Waals surface area contributed by atoms with E-state index in [2.05, 4.69) is 27.7 Å². The van der Waals surface area contributed by atoms with Crippen molar-refractivity contribution < 1.29 is 4.52 Å². The van der Waals surface area contributed by atoms with E-state index in [-0.39, 0.29) is 8.15 Å². The number of rotatable bonds is 5. The number of hydrogen-bond acceptors (Lipinski definition) is 1. The predicted molar refractivity (Wildman–Crippen MR) is 53.3 cm³/mol. The van der Waals surface area contributed by atoms with E-state index in [0.717, 1.165) is 11.8 Å². The van der Waals surface area contributed by atoms with Crippen LogP contribution in [0.15, 0.2) is 0 Å². The molecule has 0 N–H and O–H groups in total. The molecule has 0 aromatic heterocycles. The second kappa shape index (κ2) is 5.97. The fourth-order valence-electron chi connectivity index (χ4n) is 1.04. The quantitative estimate of drug-likeness (QED) is 0.584. The van der Waals surface area contributed by atoms with Gasteiger partial charge in [-0.05, 0) is 24.2 Å². The van der Waals surface area contributed by atoms with Gasteiger partial charge in [-0.1, -0.05) is 27.7 Å². The molecule has 2 heteroatoms. The summed E-state index contributed by atoms with van der Waals surface area (Å²) in [7, 11) is 1.71. The van der Waals surface area contributed by atoms with Crippen molar-refractivity contribution in [1.29, 1.82) is 0 Å². The highest BCUT2D eigenvalue weighted by molar-refractivity contribution is 7.52. The maximum absolute atomic E-state index is 5.44. The van der Waals surface area contributed by atoms with Gasteiger partial charge in [-0.2, -0.15) is 0 Å². The molecule has 0 atom stereocenters. The molecule has 0 aromatic carbocycles. The van der Waals surface area contributed by atoms with Crippen LogP contribution in [0.5, 0.6) is 0 Å². The first-order valence-electron chi connectivity index (χ1n) is 4.35. The molecule has 0 heterocycles. The van der Waals surface area contributed by atoms with Crippen molar-refractivity contribution in [3.8, 4) is 0 Å². The fraction of sp³-hybridized carbons (Fsp3) is 1.00. The Hall–Kier alpha value is 0.390. The highest BCUT2D eigenvalue weighted by Crippen LogP contribution is 2.39. The van der Waals surface area contributed by atoms with Crippen LogP contribution in [0.3, 0.4) is 0 Å². The summed E-state index contributed by atoms with van der Waals surface area (Å²) in [6.07, 6.45) is 2.51. The van der Waals surface area contributed by atoms with Gasteiger partial charge in [0.1, 0.15) is 0 Å². The van der Waals surface area contributed by atoms with Crippen LogP contribution in [0.1, 0.15) is 27.7 Å². The van der Waals surface area contributed by atoms with Crippen LogP contribution in [0.2, 0.25) is 0 Å². The molecule has 0 bridgehead atoms. The molecule has 0 radical (unpaired) electrons. The maximum atomic E-state index is 5.44. The smallest absolute Gasteiger partial charge is 0.0398 e. The summed E-state index contributed by atoms with van der Waals surface area (Å²) in [4.78, 5) is 0. The summed E-state index contributed by atoms with van der Waals surface area (Å²) >= 11 is 0. The van der Waals surface area contributed by atoms with E-state index in [1.54, 1.807) is 0 Å². The molecule has 11 heavy (non-hydrogen) atoms. The first-order chi connectivity index (χ1) is 5.06. The van der Waals surface area contributed by atoms with E-state index in [9.17, 15) is 0 Å². The van der Waals surface area contributed by atoms with Gasteiger partial charge in [-0.25, -0.2) is 0 Å². The lowest BCUT2D eigenvalue weighted by molar-refractivity contribution is 0.449. The monoisotopic (exact) mass is 176 g/mol. The normalized spacial score (nSPS) is 12.0. The Balaban J connectivity index is 3.58. The third-order valence-corrected chi connectivity index (χ3v) is 4.19. The largest absolute Gasteiger partial charge is 0.362 e. The second-order valence-electron chi connectivity index (χ2n) is 3.82. The molecule has 0 unspecified atom stereocenters. The molecule has 0 rings (SSSR count). The van der Waals surface area contributed by atoms with Crippen LogP contribution < -0.4 is 0 Å². The second-order valence-corrected chi connectivity index (χ2v) is 5.88. The third kappa shape index (κ3) is 6.77. The first kappa shape index (κ1) is 11.4. The van der Waals surface area contributed by atoms with Crippen molar-refractivity contribution in [3.05, 3.63) is 0 Å². The lowest BCUT2D eigenvalue weighted by atomic mass is 10.3. The Morgan fingerprint density at radius 3 is 1.55 bits per heavy atom. The Bertz CT molecular complexity index is 81.6. The van der Waals surface area contributed by atoms with Crippen molar-refractivity contribution >= 4 is 8.15 Å². The van der Waals surface area contributed by atoms with Gasteiger partial charge >= 0.3 is 0 Å². The average molecular weight is 176 g/mol. The summed E-state index contributed by atoms with van der Waals surface area (Å²) in [5.74, 6) is 1.56. The Labute approximate surface area is 72.4 Å². The van der Waals surface area contributed by atoms with Crippen LogP contribution in [0.25, 0.3) is 0 Å². The molecule has 0 aromatic rings. The summed E-state index contributed by atoms with van der Waals surface area (Å²) < 4.78 is 5.44. The van der Waals surface area contributed by atoms with E-state index < -0.39 is 0 Å². The van der Waals surface area contributed by atoms with E-state index in [0.29, 0.717) is 0 Å². The predicted octanol–water partition coefficient (Wildman–Crippen LogP) is 3.34. The van der Waals surface area contributed by atoms with Crippen molar-refractivity contribution in [1.82, 2.24) is 0 Å². The van der Waals surface area contributed by atoms with Gasteiger partial charge in [0.05, 0.1) is 0 Å². The minimum absolute atomic E-state index is 0.137. The van der Waals surface area contributed by atoms with Gasteiger partial charge in [0, 0.05) is 15.3 Å². The molecule has 0 saturated carbocycles. The van der Waals surface area contributed by atoms with Crippen molar-refractivity contribution in [3.63, 3.8) is 0 Å². The summed E-state index contributed by atoms with van der Waals surface area (Å²) in [6, 6.07) is 0. The molecule has 68 valence electrons. The van der Waals surface area contributed by atoms with E-state index in [4.69, 9.17) is 4.52 Å². The third-order valence-electron chi connectivity index (χ3n) is 1.40. The zero-order valence-electron chi connectivity index (χ0n) is 8.42. The van der Waals surface area contributed by atoms with Crippen LogP contribution in [0.4, 0.5) is 0 Å². The van der Waals surface area contributed by atoms with Gasteiger partial charge in [0.2, 0.25) is 0 Å². The zero-order valence-corrected chi connectivity index (χ0v) is 9.32. The van der Waals surface area contributed by atoms with E-state index >= 15 is 0 Å². The summed E-state index contributed by atoms with van der Waals surface area (Å²) in [5, 5.41) is 0. The molecular weight excluding hydrogens is 155 g/mol. The first-order valence-corrected chi connectivity index (χ1v) is 5.98. The Morgan fingerprint density at radius 2 is 1.36 bits per heavy atom. The molecule has 0 fully saturated rings. The molecule has 0 saturated heterocycles. The highest BCUT2D eigenvalue weighted by Gasteiger charge is 2.10. The molecule has 0 amide bonds. The van der Waals surface area contributed by atoms with Gasteiger partial charge in [0.25, 0.3) is 0 Å². The van der Waals surface area contributed by atoms with Crippen molar-refractivity contribution in [2.75, 3.05) is 19.4 Å². The van der Waals surface area contributed by atoms with Crippen LogP contribution in [-0.4, -0.2) is 19.4 Å². The summed E-state index contributed by atoms with van der Waals surface area (Å²) in [5.41, 5.74) is 0. The molecule has 0 spiro atoms. The molecular formula is C9H21OP. The average Bonchev–Trinajstić information content (AvgIpc) is 1.84. The minimum Gasteiger partial charge on any atom is -0.362 e. The molecule has 1 nitrogen and oxygen atoms in total. The molecule has 0 aliphatic carbocycles. The van der Waals surface area contributed by atoms with Gasteiger partial charge in [0.15, 0.2) is 0 Å².